The first kappa shape index (κ1) is 23.8. The lowest BCUT2D eigenvalue weighted by Gasteiger charge is -2.31. The molecule has 0 radical (unpaired) electrons. The van der Waals surface area contributed by atoms with Crippen molar-refractivity contribution in [1.82, 2.24) is 14.7 Å². The minimum atomic E-state index is -0.397. The second kappa shape index (κ2) is 10.7. The van der Waals surface area contributed by atoms with Gasteiger partial charge in [0.2, 0.25) is 11.8 Å². The Morgan fingerprint density at radius 2 is 1.82 bits per heavy atom. The second-order valence-electron chi connectivity index (χ2n) is 9.39. The van der Waals surface area contributed by atoms with Gasteiger partial charge in [-0.2, -0.15) is 0 Å². The van der Waals surface area contributed by atoms with E-state index in [1.54, 1.807) is 4.90 Å². The van der Waals surface area contributed by atoms with Crippen LogP contribution in [0.3, 0.4) is 0 Å². The van der Waals surface area contributed by atoms with E-state index in [0.717, 1.165) is 43.7 Å². The Kier molecular flexibility index (Phi) is 7.71. The smallest absolute Gasteiger partial charge is 0.245 e. The second-order valence-corrected chi connectivity index (χ2v) is 9.80. The molecule has 0 N–H and O–H groups in total. The van der Waals surface area contributed by atoms with Crippen molar-refractivity contribution in [1.29, 1.82) is 0 Å². The molecule has 2 unspecified atom stereocenters. The zero-order chi connectivity index (χ0) is 23.4. The van der Waals surface area contributed by atoms with E-state index < -0.39 is 6.04 Å². The molecule has 5 nitrogen and oxygen atoms in total. The lowest BCUT2D eigenvalue weighted by atomic mass is 10.0. The van der Waals surface area contributed by atoms with Crippen LogP contribution in [-0.4, -0.2) is 58.7 Å². The van der Waals surface area contributed by atoms with Gasteiger partial charge in [0, 0.05) is 50.7 Å². The normalized spacial score (nSPS) is 22.0. The molecule has 0 aromatic heterocycles. The highest BCUT2D eigenvalue weighted by atomic mass is 35.5. The Labute approximate surface area is 202 Å². The molecule has 2 aliphatic rings. The van der Waals surface area contributed by atoms with Crippen LogP contribution in [0.2, 0.25) is 5.02 Å². The summed E-state index contributed by atoms with van der Waals surface area (Å²) in [7, 11) is 0. The highest BCUT2D eigenvalue weighted by Gasteiger charge is 2.39. The molecule has 4 rings (SSSR count). The average molecular weight is 468 g/mol. The Morgan fingerprint density at radius 1 is 1.03 bits per heavy atom. The van der Waals surface area contributed by atoms with Crippen LogP contribution in [0.5, 0.6) is 0 Å². The highest BCUT2D eigenvalue weighted by Crippen LogP contribution is 2.28. The minimum Gasteiger partial charge on any atom is -0.339 e. The third-order valence-corrected chi connectivity index (χ3v) is 7.47. The van der Waals surface area contributed by atoms with Crippen molar-refractivity contribution in [3.63, 3.8) is 0 Å². The first-order valence-electron chi connectivity index (χ1n) is 12.0. The lowest BCUT2D eigenvalue weighted by Crippen LogP contribution is -2.48. The topological polar surface area (TPSA) is 43.9 Å². The molecular formula is C27H34ClN3O2. The van der Waals surface area contributed by atoms with Crippen molar-refractivity contribution in [3.05, 3.63) is 70.2 Å². The van der Waals surface area contributed by atoms with Crippen LogP contribution in [0, 0.1) is 12.8 Å². The monoisotopic (exact) mass is 467 g/mol. The summed E-state index contributed by atoms with van der Waals surface area (Å²) < 4.78 is 0. The lowest BCUT2D eigenvalue weighted by molar-refractivity contribution is -0.142. The van der Waals surface area contributed by atoms with Crippen LogP contribution in [-0.2, 0) is 22.7 Å². The number of rotatable bonds is 6. The summed E-state index contributed by atoms with van der Waals surface area (Å²) in [5.74, 6) is 0.558. The number of carbonyl (C=O) groups is 2. The fourth-order valence-corrected chi connectivity index (χ4v) is 5.34. The fourth-order valence-electron chi connectivity index (χ4n) is 5.06. The summed E-state index contributed by atoms with van der Waals surface area (Å²) in [4.78, 5) is 32.6. The number of hydrogen-bond acceptors (Lipinski definition) is 3. The number of aryl methyl sites for hydroxylation is 1. The summed E-state index contributed by atoms with van der Waals surface area (Å²) in [6.07, 6.45) is 2.04. The molecule has 2 amide bonds. The van der Waals surface area contributed by atoms with Crippen LogP contribution in [0.15, 0.2) is 48.5 Å². The maximum atomic E-state index is 13.7. The van der Waals surface area contributed by atoms with Crippen molar-refractivity contribution < 1.29 is 9.59 Å². The number of likely N-dealkylation sites (tertiary alicyclic amines) is 1. The molecule has 0 aliphatic carbocycles. The molecule has 2 aromatic carbocycles. The third kappa shape index (κ3) is 5.59. The van der Waals surface area contributed by atoms with Crippen LogP contribution >= 0.6 is 11.6 Å². The third-order valence-electron chi connectivity index (χ3n) is 7.11. The first-order chi connectivity index (χ1) is 16.0. The summed E-state index contributed by atoms with van der Waals surface area (Å²) in [6, 6.07) is 15.9. The van der Waals surface area contributed by atoms with Gasteiger partial charge in [0.1, 0.15) is 6.04 Å². The molecule has 0 spiro atoms. The van der Waals surface area contributed by atoms with Gasteiger partial charge < -0.3 is 9.80 Å². The van der Waals surface area contributed by atoms with Crippen molar-refractivity contribution >= 4 is 23.4 Å². The number of nitrogens with zero attached hydrogens (tertiary/aromatic N) is 3. The zero-order valence-corrected chi connectivity index (χ0v) is 20.4. The quantitative estimate of drug-likeness (QED) is 0.627. The molecule has 0 saturated carbocycles. The van der Waals surface area contributed by atoms with E-state index >= 15 is 0 Å². The zero-order valence-electron chi connectivity index (χ0n) is 19.7. The highest BCUT2D eigenvalue weighted by molar-refractivity contribution is 6.31. The molecule has 2 fully saturated rings. The Hall–Kier alpha value is -2.37. The Bertz CT molecular complexity index is 960. The van der Waals surface area contributed by atoms with E-state index in [4.69, 9.17) is 11.6 Å². The van der Waals surface area contributed by atoms with Crippen molar-refractivity contribution in [2.24, 2.45) is 5.92 Å². The van der Waals surface area contributed by atoms with E-state index in [1.807, 2.05) is 36.1 Å². The van der Waals surface area contributed by atoms with Crippen LogP contribution in [0.1, 0.15) is 42.9 Å². The number of hydrogen-bond donors (Lipinski definition) is 0. The van der Waals surface area contributed by atoms with Crippen molar-refractivity contribution in [3.8, 4) is 0 Å². The number of amides is 2. The van der Waals surface area contributed by atoms with Gasteiger partial charge in [-0.15, -0.1) is 0 Å². The summed E-state index contributed by atoms with van der Waals surface area (Å²) in [5, 5.41) is 0.651. The van der Waals surface area contributed by atoms with Gasteiger partial charge in [-0.1, -0.05) is 67.4 Å². The molecule has 2 aromatic rings. The van der Waals surface area contributed by atoms with Gasteiger partial charge in [-0.05, 0) is 42.0 Å². The summed E-state index contributed by atoms with van der Waals surface area (Å²) >= 11 is 6.43. The number of halogens is 1. The SMILES string of the molecule is CCC1CN(Cc2ccccc2)CCN(C(=O)C2CCC(=O)N2Cc2c(C)cccc2Cl)C1. The van der Waals surface area contributed by atoms with Gasteiger partial charge in [0.15, 0.2) is 0 Å². The Morgan fingerprint density at radius 3 is 2.55 bits per heavy atom. The first-order valence-corrected chi connectivity index (χ1v) is 12.4. The van der Waals surface area contributed by atoms with E-state index in [-0.39, 0.29) is 11.8 Å². The maximum absolute atomic E-state index is 13.7. The van der Waals surface area contributed by atoms with Crippen molar-refractivity contribution in [2.75, 3.05) is 26.2 Å². The molecule has 2 saturated heterocycles. The van der Waals surface area contributed by atoms with E-state index in [2.05, 4.69) is 36.1 Å². The predicted octanol–water partition coefficient (Wildman–Crippen LogP) is 4.51. The van der Waals surface area contributed by atoms with Gasteiger partial charge in [0.25, 0.3) is 0 Å². The minimum absolute atomic E-state index is 0.0419. The van der Waals surface area contributed by atoms with Gasteiger partial charge in [-0.3, -0.25) is 14.5 Å². The van der Waals surface area contributed by atoms with Crippen LogP contribution in [0.4, 0.5) is 0 Å². The van der Waals surface area contributed by atoms with E-state index in [0.29, 0.717) is 36.9 Å². The number of carbonyl (C=O) groups excluding carboxylic acids is 2. The van der Waals surface area contributed by atoms with Crippen molar-refractivity contribution in [2.45, 2.75) is 52.2 Å². The predicted molar refractivity (Wildman–Crippen MR) is 132 cm³/mol. The molecule has 0 bridgehead atoms. The van der Waals surface area contributed by atoms with Gasteiger partial charge >= 0.3 is 0 Å². The average Bonchev–Trinajstić information content (AvgIpc) is 3.04. The van der Waals surface area contributed by atoms with Gasteiger partial charge in [0.05, 0.1) is 0 Å². The summed E-state index contributed by atoms with van der Waals surface area (Å²) in [5.41, 5.74) is 3.28. The number of benzene rings is 2. The largest absolute Gasteiger partial charge is 0.339 e. The molecule has 2 aliphatic heterocycles. The molecule has 6 heteroatoms. The molecule has 2 atom stereocenters. The standard InChI is InChI=1S/C27H34ClN3O2/c1-3-21-16-29(17-22-9-5-4-6-10-22)14-15-30(18-21)27(33)25-12-13-26(32)31(25)19-23-20(2)8-7-11-24(23)28/h4-11,21,25H,3,12-19H2,1-2H3. The van der Waals surface area contributed by atoms with Gasteiger partial charge in [-0.25, -0.2) is 0 Å². The summed E-state index contributed by atoms with van der Waals surface area (Å²) in [6.45, 7) is 8.79. The molecular weight excluding hydrogens is 434 g/mol. The Balaban J connectivity index is 1.47. The molecule has 2 heterocycles. The maximum Gasteiger partial charge on any atom is 0.245 e. The fraction of sp³-hybridized carbons (Fsp3) is 0.481. The van der Waals surface area contributed by atoms with Crippen LogP contribution < -0.4 is 0 Å². The molecule has 33 heavy (non-hydrogen) atoms. The van der Waals surface area contributed by atoms with E-state index in [1.165, 1.54) is 5.56 Å². The van der Waals surface area contributed by atoms with E-state index in [9.17, 15) is 9.59 Å². The van der Waals surface area contributed by atoms with Crippen LogP contribution in [0.25, 0.3) is 0 Å². The molecule has 176 valence electrons.